The summed E-state index contributed by atoms with van der Waals surface area (Å²) in [5.41, 5.74) is -0.926. The molecule has 0 aliphatic rings. The Morgan fingerprint density at radius 2 is 1.88 bits per heavy atom. The molecule has 0 bridgehead atoms. The number of halogens is 6. The van der Waals surface area contributed by atoms with E-state index in [1.807, 2.05) is 0 Å². The van der Waals surface area contributed by atoms with Crippen LogP contribution in [0.25, 0.3) is 5.69 Å². The van der Waals surface area contributed by atoms with E-state index in [0.717, 1.165) is 12.1 Å². The lowest BCUT2D eigenvalue weighted by molar-refractivity contribution is -0.137. The summed E-state index contributed by atoms with van der Waals surface area (Å²) in [7, 11) is 0. The van der Waals surface area contributed by atoms with Crippen molar-refractivity contribution < 1.29 is 18.0 Å². The Morgan fingerprint density at radius 1 is 1.25 bits per heavy atom. The molecule has 2 aromatic rings. The van der Waals surface area contributed by atoms with Crippen LogP contribution >= 0.6 is 34.8 Å². The van der Waals surface area contributed by atoms with Gasteiger partial charge in [-0.3, -0.25) is 4.79 Å². The number of hydrogen-bond donors (Lipinski definition) is 1. The van der Waals surface area contributed by atoms with Crippen molar-refractivity contribution in [3.8, 4) is 5.69 Å². The van der Waals surface area contributed by atoms with Crippen molar-refractivity contribution in [3.63, 3.8) is 0 Å². The number of benzene rings is 1. The number of anilines is 1. The minimum Gasteiger partial charge on any atom is -0.311 e. The normalized spacial score (nSPS) is 11.6. The molecular formula is C14H11Cl3F3N3O. The largest absolute Gasteiger partial charge is 0.416 e. The van der Waals surface area contributed by atoms with Gasteiger partial charge in [-0.15, -0.1) is 11.6 Å². The lowest BCUT2D eigenvalue weighted by atomic mass is 10.2. The minimum atomic E-state index is -4.57. The minimum absolute atomic E-state index is 0.0453. The molecule has 1 N–H and O–H groups in total. The van der Waals surface area contributed by atoms with Crippen LogP contribution in [0.1, 0.15) is 18.4 Å². The molecule has 0 radical (unpaired) electrons. The van der Waals surface area contributed by atoms with Crippen LogP contribution in [-0.2, 0) is 11.0 Å². The molecule has 0 unspecified atom stereocenters. The van der Waals surface area contributed by atoms with E-state index in [-0.39, 0.29) is 33.9 Å². The Labute approximate surface area is 150 Å². The topological polar surface area (TPSA) is 46.9 Å². The molecule has 0 saturated heterocycles. The van der Waals surface area contributed by atoms with E-state index < -0.39 is 11.7 Å². The van der Waals surface area contributed by atoms with Gasteiger partial charge in [0.2, 0.25) is 5.91 Å². The van der Waals surface area contributed by atoms with Crippen molar-refractivity contribution in [2.45, 2.75) is 19.0 Å². The van der Waals surface area contributed by atoms with Crippen LogP contribution in [0.3, 0.4) is 0 Å². The fourth-order valence-corrected chi connectivity index (χ4v) is 2.72. The summed E-state index contributed by atoms with van der Waals surface area (Å²) in [6.45, 7) is 0. The van der Waals surface area contributed by atoms with Gasteiger partial charge in [-0.2, -0.15) is 18.3 Å². The van der Waals surface area contributed by atoms with Crippen LogP contribution in [0.4, 0.5) is 19.0 Å². The second-order valence-electron chi connectivity index (χ2n) is 4.76. The highest BCUT2D eigenvalue weighted by molar-refractivity contribution is 6.38. The summed E-state index contributed by atoms with van der Waals surface area (Å²) in [6, 6.07) is 2.98. The van der Waals surface area contributed by atoms with Crippen molar-refractivity contribution in [2.75, 3.05) is 11.2 Å². The molecule has 130 valence electrons. The standard InChI is InChI=1S/C14H11Cl3F3N3O/c15-4-1-2-12(24)22-11-3-5-21-23(11)13-9(16)6-8(7-10(13)17)14(18,19)20/h3,5-7H,1-2,4H2,(H,22,24). The van der Waals surface area contributed by atoms with Gasteiger partial charge in [0.15, 0.2) is 0 Å². The summed E-state index contributed by atoms with van der Waals surface area (Å²) in [5.74, 6) is 0.262. The van der Waals surface area contributed by atoms with Crippen molar-refractivity contribution in [2.24, 2.45) is 0 Å². The van der Waals surface area contributed by atoms with E-state index in [9.17, 15) is 18.0 Å². The third kappa shape index (κ3) is 4.34. The summed E-state index contributed by atoms with van der Waals surface area (Å²) in [4.78, 5) is 11.8. The number of alkyl halides is 4. The third-order valence-electron chi connectivity index (χ3n) is 3.00. The number of nitrogens with zero attached hydrogens (tertiary/aromatic N) is 2. The Hall–Kier alpha value is -1.44. The second kappa shape index (κ2) is 7.63. The molecule has 0 saturated carbocycles. The number of carbonyl (C=O) groups excluding carboxylic acids is 1. The smallest absolute Gasteiger partial charge is 0.311 e. The zero-order valence-electron chi connectivity index (χ0n) is 12.0. The van der Waals surface area contributed by atoms with Gasteiger partial charge in [-0.05, 0) is 18.6 Å². The fourth-order valence-electron chi connectivity index (χ4n) is 1.94. The molecule has 10 heteroatoms. The maximum atomic E-state index is 12.8. The summed E-state index contributed by atoms with van der Waals surface area (Å²) < 4.78 is 39.5. The predicted molar refractivity (Wildman–Crippen MR) is 87.2 cm³/mol. The number of rotatable bonds is 5. The first kappa shape index (κ1) is 18.9. The van der Waals surface area contributed by atoms with Crippen LogP contribution in [0.5, 0.6) is 0 Å². The van der Waals surface area contributed by atoms with E-state index in [2.05, 4.69) is 10.4 Å². The molecule has 1 heterocycles. The molecule has 0 atom stereocenters. The van der Waals surface area contributed by atoms with Crippen LogP contribution in [0, 0.1) is 0 Å². The van der Waals surface area contributed by atoms with Crippen molar-refractivity contribution in [1.82, 2.24) is 9.78 Å². The van der Waals surface area contributed by atoms with Gasteiger partial charge in [-0.1, -0.05) is 23.2 Å². The lowest BCUT2D eigenvalue weighted by Crippen LogP contribution is -2.15. The molecule has 0 aliphatic carbocycles. The highest BCUT2D eigenvalue weighted by atomic mass is 35.5. The number of aromatic nitrogens is 2. The second-order valence-corrected chi connectivity index (χ2v) is 5.95. The number of amides is 1. The average Bonchev–Trinajstić information content (AvgIpc) is 2.91. The SMILES string of the molecule is O=C(CCCCl)Nc1ccnn1-c1c(Cl)cc(C(F)(F)F)cc1Cl. The van der Waals surface area contributed by atoms with E-state index >= 15 is 0 Å². The molecule has 24 heavy (non-hydrogen) atoms. The van der Waals surface area contributed by atoms with Gasteiger partial charge >= 0.3 is 6.18 Å². The Kier molecular flexibility index (Phi) is 6.01. The third-order valence-corrected chi connectivity index (χ3v) is 3.85. The monoisotopic (exact) mass is 399 g/mol. The van der Waals surface area contributed by atoms with Gasteiger partial charge in [0.1, 0.15) is 11.5 Å². The van der Waals surface area contributed by atoms with Gasteiger partial charge in [0.25, 0.3) is 0 Å². The van der Waals surface area contributed by atoms with E-state index in [4.69, 9.17) is 34.8 Å². The molecule has 0 spiro atoms. The molecule has 2 rings (SSSR count). The van der Waals surface area contributed by atoms with Crippen molar-refractivity contribution in [3.05, 3.63) is 40.0 Å². The quantitative estimate of drug-likeness (QED) is 0.705. The number of nitrogens with one attached hydrogen (secondary N) is 1. The van der Waals surface area contributed by atoms with E-state index in [1.54, 1.807) is 0 Å². The van der Waals surface area contributed by atoms with Crippen LogP contribution < -0.4 is 5.32 Å². The van der Waals surface area contributed by atoms with Crippen LogP contribution in [-0.4, -0.2) is 21.6 Å². The van der Waals surface area contributed by atoms with Crippen LogP contribution in [0.15, 0.2) is 24.4 Å². The van der Waals surface area contributed by atoms with Crippen LogP contribution in [0.2, 0.25) is 10.0 Å². The molecule has 0 aliphatic heterocycles. The maximum absolute atomic E-state index is 12.8. The van der Waals surface area contributed by atoms with Crippen molar-refractivity contribution >= 4 is 46.5 Å². The first-order chi connectivity index (χ1) is 11.2. The molecule has 1 amide bonds. The van der Waals surface area contributed by atoms with Gasteiger partial charge in [0, 0.05) is 18.4 Å². The first-order valence-corrected chi connectivity index (χ1v) is 7.99. The number of hydrogen-bond acceptors (Lipinski definition) is 2. The first-order valence-electron chi connectivity index (χ1n) is 6.70. The highest BCUT2D eigenvalue weighted by Gasteiger charge is 2.32. The maximum Gasteiger partial charge on any atom is 0.416 e. The Morgan fingerprint density at radius 3 is 2.42 bits per heavy atom. The highest BCUT2D eigenvalue weighted by Crippen LogP contribution is 2.38. The molecule has 4 nitrogen and oxygen atoms in total. The zero-order valence-corrected chi connectivity index (χ0v) is 14.3. The summed E-state index contributed by atoms with van der Waals surface area (Å²) >= 11 is 17.4. The Balaban J connectivity index is 2.37. The van der Waals surface area contributed by atoms with Crippen molar-refractivity contribution in [1.29, 1.82) is 0 Å². The fraction of sp³-hybridized carbons (Fsp3) is 0.286. The molecule has 1 aromatic heterocycles. The summed E-state index contributed by atoms with van der Waals surface area (Å²) in [5, 5.41) is 6.06. The van der Waals surface area contributed by atoms with E-state index in [1.165, 1.54) is 16.9 Å². The average molecular weight is 401 g/mol. The molecular weight excluding hydrogens is 390 g/mol. The van der Waals surface area contributed by atoms with E-state index in [0.29, 0.717) is 12.3 Å². The molecule has 1 aromatic carbocycles. The van der Waals surface area contributed by atoms with Gasteiger partial charge < -0.3 is 5.32 Å². The van der Waals surface area contributed by atoms with Gasteiger partial charge in [-0.25, -0.2) is 4.68 Å². The predicted octanol–water partition coefficient (Wildman–Crippen LogP) is 5.16. The summed E-state index contributed by atoms with van der Waals surface area (Å²) in [6.07, 6.45) is -2.53. The lowest BCUT2D eigenvalue weighted by Gasteiger charge is -2.14. The number of carbonyl (C=O) groups is 1. The zero-order chi connectivity index (χ0) is 17.9. The Bertz CT molecular complexity index is 723. The molecule has 0 fully saturated rings. The van der Waals surface area contributed by atoms with Gasteiger partial charge in [0.05, 0.1) is 21.8 Å².